The molecule has 1 N–H and O–H groups in total. The number of ether oxygens (including phenoxy) is 1. The molecule has 0 bridgehead atoms. The van der Waals surface area contributed by atoms with Crippen LogP contribution in [0, 0.1) is 18.7 Å². The van der Waals surface area contributed by atoms with Gasteiger partial charge in [0.05, 0.1) is 11.4 Å². The maximum Gasteiger partial charge on any atom is 0.226 e. The normalized spacial score (nSPS) is 13.3. The Bertz CT molecular complexity index is 979. The van der Waals surface area contributed by atoms with Crippen LogP contribution in [-0.2, 0) is 11.2 Å². The summed E-state index contributed by atoms with van der Waals surface area (Å²) in [5, 5.41) is 7.61. The Kier molecular flexibility index (Phi) is 5.60. The smallest absolute Gasteiger partial charge is 0.226 e. The standard InChI is InChI=1S/C23H24FN3O2/c1-16-21(13-14-22(28)25-15-17-7-8-17)23(29-20-5-3-2-4-6-20)27(26-16)19-11-9-18(24)10-12-19/h2-6,9-12,17H,7-8,13-15H2,1H3,(H,25,28). The topological polar surface area (TPSA) is 56.2 Å². The molecule has 1 heterocycles. The summed E-state index contributed by atoms with van der Waals surface area (Å²) in [6.45, 7) is 2.66. The third kappa shape index (κ3) is 4.83. The average Bonchev–Trinajstić information content (AvgIpc) is 3.51. The molecule has 0 atom stereocenters. The summed E-state index contributed by atoms with van der Waals surface area (Å²) in [5.74, 6) is 1.61. The molecule has 0 unspecified atom stereocenters. The molecule has 1 fully saturated rings. The minimum Gasteiger partial charge on any atom is -0.439 e. The lowest BCUT2D eigenvalue weighted by atomic mass is 10.1. The molecule has 0 aliphatic heterocycles. The molecule has 4 rings (SSSR count). The third-order valence-electron chi connectivity index (χ3n) is 5.05. The van der Waals surface area contributed by atoms with E-state index in [1.165, 1.54) is 25.0 Å². The van der Waals surface area contributed by atoms with Crippen LogP contribution in [0.5, 0.6) is 11.6 Å². The second-order valence-corrected chi connectivity index (χ2v) is 7.42. The van der Waals surface area contributed by atoms with Crippen molar-refractivity contribution >= 4 is 5.91 Å². The fourth-order valence-corrected chi connectivity index (χ4v) is 3.20. The molecule has 6 heteroatoms. The van der Waals surface area contributed by atoms with Crippen molar-refractivity contribution in [2.45, 2.75) is 32.6 Å². The van der Waals surface area contributed by atoms with Gasteiger partial charge < -0.3 is 10.1 Å². The van der Waals surface area contributed by atoms with Crippen molar-refractivity contribution in [1.82, 2.24) is 15.1 Å². The van der Waals surface area contributed by atoms with Gasteiger partial charge in [-0.3, -0.25) is 4.79 Å². The van der Waals surface area contributed by atoms with Crippen molar-refractivity contribution in [3.8, 4) is 17.3 Å². The summed E-state index contributed by atoms with van der Waals surface area (Å²) < 4.78 is 21.2. The Labute approximate surface area is 169 Å². The van der Waals surface area contributed by atoms with Crippen molar-refractivity contribution in [2.75, 3.05) is 6.54 Å². The van der Waals surface area contributed by atoms with E-state index in [1.807, 2.05) is 37.3 Å². The second-order valence-electron chi connectivity index (χ2n) is 7.42. The Morgan fingerprint density at radius 1 is 1.17 bits per heavy atom. The monoisotopic (exact) mass is 393 g/mol. The van der Waals surface area contributed by atoms with E-state index in [9.17, 15) is 9.18 Å². The Morgan fingerprint density at radius 3 is 2.59 bits per heavy atom. The molecule has 3 aromatic rings. The van der Waals surface area contributed by atoms with Crippen LogP contribution in [0.1, 0.15) is 30.5 Å². The van der Waals surface area contributed by atoms with Crippen LogP contribution in [0.4, 0.5) is 4.39 Å². The number of amides is 1. The number of hydrogen-bond acceptors (Lipinski definition) is 3. The van der Waals surface area contributed by atoms with Gasteiger partial charge in [0.15, 0.2) is 0 Å². The average molecular weight is 393 g/mol. The third-order valence-corrected chi connectivity index (χ3v) is 5.05. The molecule has 1 aromatic heterocycles. The van der Waals surface area contributed by atoms with Crippen LogP contribution in [-0.4, -0.2) is 22.2 Å². The quantitative estimate of drug-likeness (QED) is 0.610. The van der Waals surface area contributed by atoms with Crippen LogP contribution >= 0.6 is 0 Å². The number of benzene rings is 2. The number of para-hydroxylation sites is 1. The van der Waals surface area contributed by atoms with E-state index in [1.54, 1.807) is 16.8 Å². The molecule has 0 spiro atoms. The summed E-state index contributed by atoms with van der Waals surface area (Å²) in [7, 11) is 0. The van der Waals surface area contributed by atoms with E-state index in [2.05, 4.69) is 10.4 Å². The molecule has 1 aliphatic rings. The molecule has 2 aromatic carbocycles. The number of carbonyl (C=O) groups excluding carboxylic acids is 1. The van der Waals surface area contributed by atoms with Crippen LogP contribution < -0.4 is 10.1 Å². The van der Waals surface area contributed by atoms with E-state index in [0.717, 1.165) is 17.8 Å². The van der Waals surface area contributed by atoms with Gasteiger partial charge in [-0.2, -0.15) is 5.10 Å². The van der Waals surface area contributed by atoms with E-state index >= 15 is 0 Å². The molecule has 1 amide bonds. The molecule has 5 nitrogen and oxygen atoms in total. The Morgan fingerprint density at radius 2 is 1.90 bits per heavy atom. The summed E-state index contributed by atoms with van der Waals surface area (Å²) in [4.78, 5) is 12.2. The fraction of sp³-hybridized carbons (Fsp3) is 0.304. The summed E-state index contributed by atoms with van der Waals surface area (Å²) in [5.41, 5.74) is 2.36. The number of nitrogens with one attached hydrogen (secondary N) is 1. The first-order chi connectivity index (χ1) is 14.1. The summed E-state index contributed by atoms with van der Waals surface area (Å²) in [6.07, 6.45) is 3.30. The highest BCUT2D eigenvalue weighted by molar-refractivity contribution is 5.76. The van der Waals surface area contributed by atoms with Gasteiger partial charge in [0.2, 0.25) is 11.8 Å². The molecule has 0 saturated heterocycles. The van der Waals surface area contributed by atoms with E-state index in [4.69, 9.17) is 4.74 Å². The molecular formula is C23H24FN3O2. The number of halogens is 1. The van der Waals surface area contributed by atoms with Crippen molar-refractivity contribution in [3.05, 3.63) is 71.7 Å². The zero-order chi connectivity index (χ0) is 20.2. The summed E-state index contributed by atoms with van der Waals surface area (Å²) >= 11 is 0. The van der Waals surface area contributed by atoms with Gasteiger partial charge >= 0.3 is 0 Å². The SMILES string of the molecule is Cc1nn(-c2ccc(F)cc2)c(Oc2ccccc2)c1CCC(=O)NCC1CC1. The van der Waals surface area contributed by atoms with Gasteiger partial charge in [-0.25, -0.2) is 9.07 Å². The number of carbonyl (C=O) groups is 1. The Hall–Kier alpha value is -3.15. The molecule has 0 radical (unpaired) electrons. The summed E-state index contributed by atoms with van der Waals surface area (Å²) in [6, 6.07) is 15.5. The maximum atomic E-state index is 13.4. The minimum atomic E-state index is -0.310. The number of rotatable bonds is 8. The van der Waals surface area contributed by atoms with Gasteiger partial charge in [0, 0.05) is 18.5 Å². The second kappa shape index (κ2) is 8.47. The van der Waals surface area contributed by atoms with Crippen molar-refractivity contribution in [1.29, 1.82) is 0 Å². The van der Waals surface area contributed by atoms with Crippen molar-refractivity contribution in [3.63, 3.8) is 0 Å². The minimum absolute atomic E-state index is 0.0384. The lowest BCUT2D eigenvalue weighted by Crippen LogP contribution is -2.25. The molecule has 1 saturated carbocycles. The largest absolute Gasteiger partial charge is 0.439 e. The van der Waals surface area contributed by atoms with Crippen LogP contribution in [0.15, 0.2) is 54.6 Å². The van der Waals surface area contributed by atoms with Crippen LogP contribution in [0.3, 0.4) is 0 Å². The van der Waals surface area contributed by atoms with E-state index < -0.39 is 0 Å². The number of hydrogen-bond donors (Lipinski definition) is 1. The molecule has 1 aliphatic carbocycles. The lowest BCUT2D eigenvalue weighted by molar-refractivity contribution is -0.121. The van der Waals surface area contributed by atoms with Gasteiger partial charge in [-0.15, -0.1) is 0 Å². The highest BCUT2D eigenvalue weighted by Gasteiger charge is 2.23. The first-order valence-electron chi connectivity index (χ1n) is 9.94. The van der Waals surface area contributed by atoms with E-state index in [-0.39, 0.29) is 11.7 Å². The van der Waals surface area contributed by atoms with Gasteiger partial charge in [0.25, 0.3) is 0 Å². The number of nitrogens with zero attached hydrogens (tertiary/aromatic N) is 2. The van der Waals surface area contributed by atoms with Crippen LogP contribution in [0.25, 0.3) is 5.69 Å². The zero-order valence-corrected chi connectivity index (χ0v) is 16.4. The first-order valence-corrected chi connectivity index (χ1v) is 9.94. The molecule has 29 heavy (non-hydrogen) atoms. The number of aromatic nitrogens is 2. The maximum absolute atomic E-state index is 13.4. The highest BCUT2D eigenvalue weighted by Crippen LogP contribution is 2.31. The van der Waals surface area contributed by atoms with Crippen molar-refractivity contribution in [2.24, 2.45) is 5.92 Å². The Balaban J connectivity index is 1.60. The van der Waals surface area contributed by atoms with Gasteiger partial charge in [-0.05, 0) is 68.5 Å². The van der Waals surface area contributed by atoms with E-state index in [0.29, 0.717) is 36.1 Å². The predicted molar refractivity (Wildman–Crippen MR) is 109 cm³/mol. The molecular weight excluding hydrogens is 369 g/mol. The molecule has 150 valence electrons. The van der Waals surface area contributed by atoms with Crippen LogP contribution in [0.2, 0.25) is 0 Å². The fourth-order valence-electron chi connectivity index (χ4n) is 3.20. The highest BCUT2D eigenvalue weighted by atomic mass is 19.1. The van der Waals surface area contributed by atoms with Crippen molar-refractivity contribution < 1.29 is 13.9 Å². The first kappa shape index (κ1) is 19.2. The number of aryl methyl sites for hydroxylation is 1. The zero-order valence-electron chi connectivity index (χ0n) is 16.4. The lowest BCUT2D eigenvalue weighted by Gasteiger charge is -2.11. The van der Waals surface area contributed by atoms with Gasteiger partial charge in [0.1, 0.15) is 11.6 Å². The predicted octanol–water partition coefficient (Wildman–Crippen LogP) is 4.57. The van der Waals surface area contributed by atoms with Gasteiger partial charge in [-0.1, -0.05) is 18.2 Å².